The molecule has 104 valence electrons. The molecule has 0 saturated carbocycles. The Hall–Kier alpha value is -2.08. The fraction of sp³-hybridized carbons (Fsp3) is 0.286. The van der Waals surface area contributed by atoms with E-state index >= 15 is 0 Å². The number of amides is 1. The highest BCUT2D eigenvalue weighted by Crippen LogP contribution is 2.28. The third-order valence-corrected chi connectivity index (χ3v) is 3.95. The van der Waals surface area contributed by atoms with E-state index in [1.54, 1.807) is 17.5 Å². The van der Waals surface area contributed by atoms with Crippen LogP contribution < -0.4 is 15.4 Å². The number of aryl methyl sites for hydroxylation is 1. The predicted molar refractivity (Wildman–Crippen MR) is 78.0 cm³/mol. The Bertz CT molecular complexity index is 626. The molecule has 6 heteroatoms. The molecule has 1 aromatic heterocycles. The Balaban J connectivity index is 1.59. The molecule has 1 amide bonds. The van der Waals surface area contributed by atoms with Gasteiger partial charge in [-0.1, -0.05) is 12.1 Å². The molecule has 0 spiro atoms. The minimum atomic E-state index is -0.501. The minimum absolute atomic E-state index is 0.113. The number of ether oxygens (including phenoxy) is 1. The van der Waals surface area contributed by atoms with Crippen LogP contribution in [0.4, 0.5) is 5.69 Å². The normalized spacial score (nSPS) is 16.8. The topological polar surface area (TPSA) is 63.2 Å². The average Bonchev–Trinajstić information content (AvgIpc) is 2.90. The van der Waals surface area contributed by atoms with E-state index in [2.05, 4.69) is 15.6 Å². The van der Waals surface area contributed by atoms with E-state index in [1.165, 1.54) is 0 Å². The van der Waals surface area contributed by atoms with Crippen LogP contribution >= 0.6 is 11.3 Å². The number of para-hydroxylation sites is 2. The number of hydrogen-bond donors (Lipinski definition) is 2. The molecule has 1 aliphatic rings. The first-order valence-electron chi connectivity index (χ1n) is 6.41. The van der Waals surface area contributed by atoms with Crippen molar-refractivity contribution in [3.05, 3.63) is 40.3 Å². The van der Waals surface area contributed by atoms with Crippen LogP contribution in [-0.2, 0) is 11.3 Å². The van der Waals surface area contributed by atoms with Gasteiger partial charge < -0.3 is 15.4 Å². The van der Waals surface area contributed by atoms with Gasteiger partial charge in [0.05, 0.1) is 23.8 Å². The Labute approximate surface area is 121 Å². The fourth-order valence-electron chi connectivity index (χ4n) is 2.03. The molecule has 0 aliphatic carbocycles. The highest BCUT2D eigenvalue weighted by Gasteiger charge is 2.25. The van der Waals surface area contributed by atoms with Crippen LogP contribution in [0.2, 0.25) is 0 Å². The van der Waals surface area contributed by atoms with Gasteiger partial charge in [0.2, 0.25) is 0 Å². The van der Waals surface area contributed by atoms with Gasteiger partial charge in [-0.05, 0) is 19.1 Å². The number of hydrogen-bond acceptors (Lipinski definition) is 5. The summed E-state index contributed by atoms with van der Waals surface area (Å²) in [7, 11) is 0. The van der Waals surface area contributed by atoms with Crippen LogP contribution in [0.3, 0.4) is 0 Å². The van der Waals surface area contributed by atoms with Crippen molar-refractivity contribution in [1.82, 2.24) is 10.3 Å². The summed E-state index contributed by atoms with van der Waals surface area (Å²) in [5.41, 5.74) is 0.926. The van der Waals surface area contributed by atoms with Gasteiger partial charge in [0.25, 0.3) is 5.91 Å². The average molecular weight is 289 g/mol. The molecular weight excluding hydrogens is 274 g/mol. The quantitative estimate of drug-likeness (QED) is 0.906. The van der Waals surface area contributed by atoms with Gasteiger partial charge in [-0.25, -0.2) is 4.98 Å². The molecule has 20 heavy (non-hydrogen) atoms. The Kier molecular flexibility index (Phi) is 3.56. The first-order valence-corrected chi connectivity index (χ1v) is 7.22. The fourth-order valence-corrected chi connectivity index (χ4v) is 2.77. The zero-order chi connectivity index (χ0) is 13.9. The van der Waals surface area contributed by atoms with Crippen LogP contribution in [-0.4, -0.2) is 23.5 Å². The van der Waals surface area contributed by atoms with Crippen molar-refractivity contribution in [3.8, 4) is 5.75 Å². The van der Waals surface area contributed by atoms with E-state index in [1.807, 2.05) is 31.2 Å². The van der Waals surface area contributed by atoms with Crippen molar-refractivity contribution < 1.29 is 9.53 Å². The van der Waals surface area contributed by atoms with E-state index in [9.17, 15) is 4.79 Å². The van der Waals surface area contributed by atoms with Gasteiger partial charge in [-0.3, -0.25) is 4.79 Å². The SMILES string of the molecule is Cc1ncc(CNC(=O)C2CNc3ccccc3O2)s1. The minimum Gasteiger partial charge on any atom is -0.477 e. The number of thiazole rings is 1. The number of aromatic nitrogens is 1. The molecule has 1 atom stereocenters. The van der Waals surface area contributed by atoms with Crippen molar-refractivity contribution in [3.63, 3.8) is 0 Å². The summed E-state index contributed by atoms with van der Waals surface area (Å²) in [6.07, 6.45) is 1.29. The molecule has 3 rings (SSSR count). The van der Waals surface area contributed by atoms with Crippen molar-refractivity contribution in [1.29, 1.82) is 0 Å². The van der Waals surface area contributed by atoms with Crippen molar-refractivity contribution in [2.24, 2.45) is 0 Å². The maximum atomic E-state index is 12.1. The van der Waals surface area contributed by atoms with Crippen LogP contribution in [0.5, 0.6) is 5.75 Å². The summed E-state index contributed by atoms with van der Waals surface area (Å²) in [5, 5.41) is 7.08. The summed E-state index contributed by atoms with van der Waals surface area (Å²) < 4.78 is 5.70. The van der Waals surface area contributed by atoms with Crippen LogP contribution in [0.1, 0.15) is 9.88 Å². The first-order chi connectivity index (χ1) is 9.72. The van der Waals surface area contributed by atoms with Gasteiger partial charge in [-0.15, -0.1) is 11.3 Å². The summed E-state index contributed by atoms with van der Waals surface area (Å²) in [4.78, 5) is 17.3. The van der Waals surface area contributed by atoms with Gasteiger partial charge >= 0.3 is 0 Å². The second-order valence-corrected chi connectivity index (χ2v) is 5.87. The molecule has 1 unspecified atom stereocenters. The smallest absolute Gasteiger partial charge is 0.263 e. The molecule has 0 bridgehead atoms. The van der Waals surface area contributed by atoms with Crippen molar-refractivity contribution in [2.45, 2.75) is 19.6 Å². The number of carbonyl (C=O) groups is 1. The monoisotopic (exact) mass is 289 g/mol. The molecule has 2 aromatic rings. The largest absolute Gasteiger partial charge is 0.477 e. The molecule has 1 aliphatic heterocycles. The van der Waals surface area contributed by atoms with E-state index in [0.29, 0.717) is 18.8 Å². The number of benzene rings is 1. The second kappa shape index (κ2) is 5.50. The standard InChI is InChI=1S/C14H15N3O2S/c1-9-15-6-10(20-9)7-17-14(18)13-8-16-11-4-2-3-5-12(11)19-13/h2-6,13,16H,7-8H2,1H3,(H,17,18). The van der Waals surface area contributed by atoms with Crippen LogP contribution in [0.15, 0.2) is 30.5 Å². The lowest BCUT2D eigenvalue weighted by molar-refractivity contribution is -0.127. The number of fused-ring (bicyclic) bond motifs is 1. The number of carbonyl (C=O) groups excluding carboxylic acids is 1. The van der Waals surface area contributed by atoms with Crippen molar-refractivity contribution in [2.75, 3.05) is 11.9 Å². The molecule has 0 radical (unpaired) electrons. The van der Waals surface area contributed by atoms with Crippen molar-refractivity contribution >= 4 is 22.9 Å². The molecule has 5 nitrogen and oxygen atoms in total. The molecular formula is C14H15N3O2S. The summed E-state index contributed by atoms with van der Waals surface area (Å²) in [6.45, 7) is 2.91. The second-order valence-electron chi connectivity index (χ2n) is 4.55. The van der Waals surface area contributed by atoms with E-state index in [4.69, 9.17) is 4.74 Å². The zero-order valence-corrected chi connectivity index (χ0v) is 11.9. The molecule has 2 heterocycles. The van der Waals surface area contributed by atoms with Gasteiger partial charge in [0, 0.05) is 11.1 Å². The predicted octanol–water partition coefficient (Wildman–Crippen LogP) is 1.94. The number of nitrogens with zero attached hydrogens (tertiary/aromatic N) is 1. The summed E-state index contributed by atoms with van der Waals surface area (Å²) >= 11 is 1.58. The highest BCUT2D eigenvalue weighted by molar-refractivity contribution is 7.11. The molecule has 0 saturated heterocycles. The molecule has 0 fully saturated rings. The maximum absolute atomic E-state index is 12.1. The maximum Gasteiger partial charge on any atom is 0.263 e. The summed E-state index contributed by atoms with van der Waals surface area (Å²) in [6, 6.07) is 7.61. The third-order valence-electron chi connectivity index (χ3n) is 3.03. The lowest BCUT2D eigenvalue weighted by Gasteiger charge is -2.26. The Morgan fingerprint density at radius 2 is 2.40 bits per heavy atom. The van der Waals surface area contributed by atoms with E-state index in [0.717, 1.165) is 15.6 Å². The third kappa shape index (κ3) is 2.75. The van der Waals surface area contributed by atoms with Gasteiger partial charge in [0.1, 0.15) is 5.75 Å². The highest BCUT2D eigenvalue weighted by atomic mass is 32.1. The lowest BCUT2D eigenvalue weighted by atomic mass is 10.2. The van der Waals surface area contributed by atoms with Crippen LogP contribution in [0.25, 0.3) is 0 Å². The number of anilines is 1. The van der Waals surface area contributed by atoms with Gasteiger partial charge in [-0.2, -0.15) is 0 Å². The van der Waals surface area contributed by atoms with E-state index < -0.39 is 6.10 Å². The van der Waals surface area contributed by atoms with Crippen LogP contribution in [0, 0.1) is 6.92 Å². The Morgan fingerprint density at radius 1 is 1.55 bits per heavy atom. The Morgan fingerprint density at radius 3 is 3.20 bits per heavy atom. The lowest BCUT2D eigenvalue weighted by Crippen LogP contribution is -2.44. The zero-order valence-electron chi connectivity index (χ0n) is 11.1. The summed E-state index contributed by atoms with van der Waals surface area (Å²) in [5.74, 6) is 0.602. The number of rotatable bonds is 3. The first kappa shape index (κ1) is 12.9. The molecule has 2 N–H and O–H groups in total. The van der Waals surface area contributed by atoms with Gasteiger partial charge in [0.15, 0.2) is 6.10 Å². The van der Waals surface area contributed by atoms with E-state index in [-0.39, 0.29) is 5.91 Å². The molecule has 1 aromatic carbocycles. The number of nitrogens with one attached hydrogen (secondary N) is 2.